The lowest BCUT2D eigenvalue weighted by Gasteiger charge is -2.10. The van der Waals surface area contributed by atoms with Crippen LogP contribution in [0.15, 0.2) is 53.9 Å². The molecule has 0 spiro atoms. The van der Waals surface area contributed by atoms with Crippen LogP contribution >= 0.6 is 11.8 Å². The molecule has 0 fully saturated rings. The SMILES string of the molecule is CCc1nnc(SCC(=O)Nc2cccc(OC)c2)n1-n1cccc1. The topological polar surface area (TPSA) is 74.0 Å². The van der Waals surface area contributed by atoms with Crippen LogP contribution in [0.3, 0.4) is 0 Å². The average molecular weight is 357 g/mol. The van der Waals surface area contributed by atoms with Crippen molar-refractivity contribution >= 4 is 23.4 Å². The minimum absolute atomic E-state index is 0.113. The van der Waals surface area contributed by atoms with Gasteiger partial charge in [-0.15, -0.1) is 10.2 Å². The Balaban J connectivity index is 1.67. The van der Waals surface area contributed by atoms with Crippen LogP contribution in [0.2, 0.25) is 0 Å². The molecule has 8 heteroatoms. The van der Waals surface area contributed by atoms with Crippen molar-refractivity contribution in [2.75, 3.05) is 18.2 Å². The van der Waals surface area contributed by atoms with Gasteiger partial charge < -0.3 is 10.1 Å². The fraction of sp³-hybridized carbons (Fsp3) is 0.235. The molecule has 0 saturated heterocycles. The molecular weight excluding hydrogens is 338 g/mol. The van der Waals surface area contributed by atoms with E-state index < -0.39 is 0 Å². The zero-order valence-corrected chi connectivity index (χ0v) is 14.9. The first-order chi connectivity index (χ1) is 12.2. The molecule has 0 unspecified atom stereocenters. The monoisotopic (exact) mass is 357 g/mol. The van der Waals surface area contributed by atoms with Crippen molar-refractivity contribution in [2.45, 2.75) is 18.5 Å². The molecule has 25 heavy (non-hydrogen) atoms. The van der Waals surface area contributed by atoms with E-state index in [0.717, 1.165) is 12.2 Å². The Bertz CT molecular complexity index is 845. The third-order valence-electron chi connectivity index (χ3n) is 3.50. The number of hydrogen-bond donors (Lipinski definition) is 1. The highest BCUT2D eigenvalue weighted by Crippen LogP contribution is 2.20. The van der Waals surface area contributed by atoms with Crippen LogP contribution in [0.25, 0.3) is 0 Å². The Hall–Kier alpha value is -2.74. The number of hydrogen-bond acceptors (Lipinski definition) is 5. The first-order valence-corrected chi connectivity index (χ1v) is 8.84. The number of nitrogens with one attached hydrogen (secondary N) is 1. The van der Waals surface area contributed by atoms with E-state index >= 15 is 0 Å². The fourth-order valence-electron chi connectivity index (χ4n) is 2.32. The number of anilines is 1. The maximum atomic E-state index is 12.2. The second-order valence-corrected chi connectivity index (χ2v) is 6.14. The Morgan fingerprint density at radius 3 is 2.76 bits per heavy atom. The molecule has 3 aromatic rings. The van der Waals surface area contributed by atoms with Gasteiger partial charge in [-0.25, -0.2) is 4.68 Å². The van der Waals surface area contributed by atoms with Crippen molar-refractivity contribution in [3.63, 3.8) is 0 Å². The Morgan fingerprint density at radius 2 is 2.04 bits per heavy atom. The van der Waals surface area contributed by atoms with E-state index in [1.807, 2.05) is 59.0 Å². The van der Waals surface area contributed by atoms with E-state index in [1.54, 1.807) is 13.2 Å². The number of rotatable bonds is 7. The normalized spacial score (nSPS) is 10.6. The van der Waals surface area contributed by atoms with Crippen LogP contribution in [0, 0.1) is 0 Å². The number of thioether (sulfide) groups is 1. The number of aromatic nitrogens is 4. The lowest BCUT2D eigenvalue weighted by Crippen LogP contribution is -2.16. The molecule has 0 atom stereocenters. The van der Waals surface area contributed by atoms with Gasteiger partial charge in [0.25, 0.3) is 0 Å². The smallest absolute Gasteiger partial charge is 0.234 e. The summed E-state index contributed by atoms with van der Waals surface area (Å²) < 4.78 is 8.97. The van der Waals surface area contributed by atoms with E-state index in [2.05, 4.69) is 15.5 Å². The summed E-state index contributed by atoms with van der Waals surface area (Å²) in [7, 11) is 1.59. The average Bonchev–Trinajstić information content (AvgIpc) is 3.28. The number of nitrogens with zero attached hydrogens (tertiary/aromatic N) is 4. The second-order valence-electron chi connectivity index (χ2n) is 5.20. The number of carbonyl (C=O) groups excluding carboxylic acids is 1. The number of ether oxygens (including phenoxy) is 1. The summed E-state index contributed by atoms with van der Waals surface area (Å²) in [6.07, 6.45) is 4.59. The van der Waals surface area contributed by atoms with Gasteiger partial charge in [0, 0.05) is 30.6 Å². The molecule has 130 valence electrons. The lowest BCUT2D eigenvalue weighted by atomic mass is 10.3. The highest BCUT2D eigenvalue weighted by Gasteiger charge is 2.14. The van der Waals surface area contributed by atoms with Crippen molar-refractivity contribution in [1.29, 1.82) is 0 Å². The molecule has 0 aliphatic carbocycles. The van der Waals surface area contributed by atoms with Crippen LogP contribution in [-0.2, 0) is 11.2 Å². The summed E-state index contributed by atoms with van der Waals surface area (Å²) in [5.41, 5.74) is 0.700. The van der Waals surface area contributed by atoms with Crippen LogP contribution < -0.4 is 10.1 Å². The maximum Gasteiger partial charge on any atom is 0.234 e. The van der Waals surface area contributed by atoms with Crippen LogP contribution in [-0.4, -0.2) is 38.3 Å². The van der Waals surface area contributed by atoms with Crippen LogP contribution in [0.5, 0.6) is 5.75 Å². The van der Waals surface area contributed by atoms with E-state index in [9.17, 15) is 4.79 Å². The molecule has 0 bridgehead atoms. The lowest BCUT2D eigenvalue weighted by molar-refractivity contribution is -0.113. The molecule has 1 amide bonds. The minimum Gasteiger partial charge on any atom is -0.497 e. The van der Waals surface area contributed by atoms with Gasteiger partial charge in [0.2, 0.25) is 11.1 Å². The first-order valence-electron chi connectivity index (χ1n) is 7.86. The van der Waals surface area contributed by atoms with Gasteiger partial charge >= 0.3 is 0 Å². The zero-order valence-electron chi connectivity index (χ0n) is 14.0. The van der Waals surface area contributed by atoms with E-state index in [-0.39, 0.29) is 11.7 Å². The summed E-state index contributed by atoms with van der Waals surface area (Å²) in [5.74, 6) is 1.66. The third kappa shape index (κ3) is 4.03. The zero-order chi connectivity index (χ0) is 17.6. The number of benzene rings is 1. The maximum absolute atomic E-state index is 12.2. The van der Waals surface area contributed by atoms with E-state index in [4.69, 9.17) is 4.74 Å². The molecule has 0 aliphatic heterocycles. The first kappa shape index (κ1) is 17.1. The quantitative estimate of drug-likeness (QED) is 0.658. The molecule has 1 aromatic carbocycles. The Kier molecular flexibility index (Phi) is 5.39. The second kappa shape index (κ2) is 7.89. The van der Waals surface area contributed by atoms with E-state index in [0.29, 0.717) is 16.6 Å². The number of aryl methyl sites for hydroxylation is 1. The molecule has 2 heterocycles. The third-order valence-corrected chi connectivity index (χ3v) is 4.42. The number of methoxy groups -OCH3 is 1. The van der Waals surface area contributed by atoms with Gasteiger partial charge in [-0.1, -0.05) is 24.8 Å². The van der Waals surface area contributed by atoms with Crippen LogP contribution in [0.1, 0.15) is 12.7 Å². The summed E-state index contributed by atoms with van der Waals surface area (Å²) in [4.78, 5) is 12.2. The number of carbonyl (C=O) groups is 1. The molecule has 3 rings (SSSR count). The Labute approximate surface area is 150 Å². The summed E-state index contributed by atoms with van der Waals surface area (Å²) in [6.45, 7) is 2.02. The van der Waals surface area contributed by atoms with Gasteiger partial charge in [0.05, 0.1) is 12.9 Å². The summed E-state index contributed by atoms with van der Waals surface area (Å²) in [5, 5.41) is 11.9. The predicted octanol–water partition coefficient (Wildman–Crippen LogP) is 2.69. The Morgan fingerprint density at radius 1 is 1.24 bits per heavy atom. The predicted molar refractivity (Wildman–Crippen MR) is 97.0 cm³/mol. The molecule has 0 radical (unpaired) electrons. The highest BCUT2D eigenvalue weighted by atomic mass is 32.2. The summed E-state index contributed by atoms with van der Waals surface area (Å²) in [6, 6.07) is 11.1. The fourth-order valence-corrected chi connectivity index (χ4v) is 3.08. The minimum atomic E-state index is -0.113. The van der Waals surface area contributed by atoms with Crippen molar-refractivity contribution in [3.8, 4) is 5.75 Å². The van der Waals surface area contributed by atoms with Gasteiger partial charge in [0.1, 0.15) is 5.75 Å². The van der Waals surface area contributed by atoms with Crippen molar-refractivity contribution in [3.05, 3.63) is 54.6 Å². The summed E-state index contributed by atoms with van der Waals surface area (Å²) >= 11 is 1.34. The molecule has 7 nitrogen and oxygen atoms in total. The number of amides is 1. The molecule has 0 saturated carbocycles. The van der Waals surface area contributed by atoms with Gasteiger partial charge in [-0.2, -0.15) is 0 Å². The van der Waals surface area contributed by atoms with Gasteiger partial charge in [-0.05, 0) is 24.3 Å². The van der Waals surface area contributed by atoms with Gasteiger partial charge in [-0.3, -0.25) is 9.47 Å². The molecule has 2 aromatic heterocycles. The van der Waals surface area contributed by atoms with Gasteiger partial charge in [0.15, 0.2) is 5.82 Å². The van der Waals surface area contributed by atoms with E-state index in [1.165, 1.54) is 11.8 Å². The standard InChI is InChI=1S/C17H19N5O2S/c1-3-15-19-20-17(22(15)21-9-4-5-10-21)25-12-16(23)18-13-7-6-8-14(11-13)24-2/h4-11H,3,12H2,1-2H3,(H,18,23). The molecular formula is C17H19N5O2S. The highest BCUT2D eigenvalue weighted by molar-refractivity contribution is 7.99. The van der Waals surface area contributed by atoms with Crippen molar-refractivity contribution in [2.24, 2.45) is 0 Å². The molecule has 1 N–H and O–H groups in total. The van der Waals surface area contributed by atoms with Crippen molar-refractivity contribution in [1.82, 2.24) is 19.5 Å². The van der Waals surface area contributed by atoms with Crippen molar-refractivity contribution < 1.29 is 9.53 Å². The molecule has 0 aliphatic rings. The largest absolute Gasteiger partial charge is 0.497 e. The van der Waals surface area contributed by atoms with Crippen LogP contribution in [0.4, 0.5) is 5.69 Å².